The summed E-state index contributed by atoms with van der Waals surface area (Å²) in [5.41, 5.74) is 2.63. The number of hydrogen-bond donors (Lipinski definition) is 1. The lowest BCUT2D eigenvalue weighted by Crippen LogP contribution is -2.11. The Morgan fingerprint density at radius 3 is 2.88 bits per heavy atom. The van der Waals surface area contributed by atoms with Gasteiger partial charge in [0, 0.05) is 25.9 Å². The third-order valence-electron chi connectivity index (χ3n) is 2.48. The minimum Gasteiger partial charge on any atom is -0.360 e. The molecule has 5 nitrogen and oxygen atoms in total. The first-order valence-electron chi connectivity index (χ1n) is 5.37. The van der Waals surface area contributed by atoms with Crippen LogP contribution in [0.15, 0.2) is 22.9 Å². The number of aromatic nitrogens is 2. The monoisotopic (exact) mass is 230 g/mol. The molecule has 0 radical (unpaired) electrons. The van der Waals surface area contributed by atoms with Crippen molar-refractivity contribution >= 4 is 0 Å². The third kappa shape index (κ3) is 2.74. The highest BCUT2D eigenvalue weighted by Gasteiger charge is 2.03. The molecule has 0 aliphatic rings. The number of aryl methyl sites for hydroxylation is 2. The van der Waals surface area contributed by atoms with Crippen molar-refractivity contribution in [1.82, 2.24) is 15.0 Å². The molecule has 88 valence electrons. The van der Waals surface area contributed by atoms with Crippen molar-refractivity contribution in [2.24, 2.45) is 7.05 Å². The van der Waals surface area contributed by atoms with Crippen molar-refractivity contribution in [2.45, 2.75) is 20.0 Å². The molecule has 2 rings (SSSR count). The summed E-state index contributed by atoms with van der Waals surface area (Å²) >= 11 is 0. The van der Waals surface area contributed by atoms with E-state index in [0.29, 0.717) is 18.8 Å². The Morgan fingerprint density at radius 2 is 2.29 bits per heavy atom. The molecule has 0 amide bonds. The summed E-state index contributed by atoms with van der Waals surface area (Å²) in [6, 6.07) is 5.91. The topological polar surface area (TPSA) is 66.8 Å². The van der Waals surface area contributed by atoms with Crippen molar-refractivity contribution in [3.05, 3.63) is 41.0 Å². The van der Waals surface area contributed by atoms with Crippen molar-refractivity contribution in [3.8, 4) is 6.07 Å². The van der Waals surface area contributed by atoms with Crippen molar-refractivity contribution in [3.63, 3.8) is 0 Å². The first-order chi connectivity index (χ1) is 8.19. The second-order valence-corrected chi connectivity index (χ2v) is 3.99. The molecule has 0 unspecified atom stereocenters. The van der Waals surface area contributed by atoms with Gasteiger partial charge < -0.3 is 14.4 Å². The van der Waals surface area contributed by atoms with Gasteiger partial charge in [-0.25, -0.2) is 0 Å². The molecule has 1 N–H and O–H groups in total. The Morgan fingerprint density at radius 1 is 1.47 bits per heavy atom. The molecule has 0 saturated heterocycles. The van der Waals surface area contributed by atoms with Gasteiger partial charge in [-0.05, 0) is 18.6 Å². The molecule has 0 atom stereocenters. The predicted octanol–water partition coefficient (Wildman–Crippen LogP) is 1.48. The Labute approximate surface area is 99.6 Å². The molecular weight excluding hydrogens is 216 g/mol. The van der Waals surface area contributed by atoms with Crippen LogP contribution in [0.2, 0.25) is 0 Å². The van der Waals surface area contributed by atoms with Gasteiger partial charge in [-0.2, -0.15) is 5.26 Å². The van der Waals surface area contributed by atoms with Crippen LogP contribution in [0.3, 0.4) is 0 Å². The predicted molar refractivity (Wildman–Crippen MR) is 61.9 cm³/mol. The van der Waals surface area contributed by atoms with Crippen LogP contribution >= 0.6 is 0 Å². The first kappa shape index (κ1) is 11.4. The van der Waals surface area contributed by atoms with Gasteiger partial charge in [-0.1, -0.05) is 5.16 Å². The Kier molecular flexibility index (Phi) is 3.26. The lowest BCUT2D eigenvalue weighted by atomic mass is 10.3. The van der Waals surface area contributed by atoms with E-state index in [9.17, 15) is 0 Å². The van der Waals surface area contributed by atoms with E-state index >= 15 is 0 Å². The Balaban J connectivity index is 1.88. The molecule has 5 heteroatoms. The van der Waals surface area contributed by atoms with Gasteiger partial charge in [-0.3, -0.25) is 0 Å². The molecule has 0 spiro atoms. The lowest BCUT2D eigenvalue weighted by molar-refractivity contribution is 0.369. The summed E-state index contributed by atoms with van der Waals surface area (Å²) in [6.45, 7) is 3.23. The van der Waals surface area contributed by atoms with E-state index in [1.54, 1.807) is 0 Å². The van der Waals surface area contributed by atoms with E-state index in [1.165, 1.54) is 0 Å². The van der Waals surface area contributed by atoms with E-state index in [1.807, 2.05) is 36.9 Å². The number of nitrogens with one attached hydrogen (secondary N) is 1. The molecule has 0 aromatic carbocycles. The van der Waals surface area contributed by atoms with Gasteiger partial charge in [-0.15, -0.1) is 0 Å². The fourth-order valence-electron chi connectivity index (χ4n) is 1.67. The fraction of sp³-hybridized carbons (Fsp3) is 0.333. The van der Waals surface area contributed by atoms with Gasteiger partial charge >= 0.3 is 0 Å². The average molecular weight is 230 g/mol. The van der Waals surface area contributed by atoms with E-state index in [-0.39, 0.29) is 0 Å². The molecule has 0 fully saturated rings. The molecule has 0 aliphatic carbocycles. The van der Waals surface area contributed by atoms with E-state index in [2.05, 4.69) is 16.5 Å². The quantitative estimate of drug-likeness (QED) is 0.864. The van der Waals surface area contributed by atoms with Crippen LogP contribution in [-0.4, -0.2) is 9.72 Å². The number of nitrogens with zero attached hydrogens (tertiary/aromatic N) is 3. The molecule has 2 heterocycles. The van der Waals surface area contributed by atoms with Crippen molar-refractivity contribution in [1.29, 1.82) is 5.26 Å². The third-order valence-corrected chi connectivity index (χ3v) is 2.48. The summed E-state index contributed by atoms with van der Waals surface area (Å²) in [4.78, 5) is 0. The molecule has 2 aromatic rings. The molecule has 0 saturated carbocycles. The van der Waals surface area contributed by atoms with Crippen LogP contribution in [0.25, 0.3) is 0 Å². The number of nitriles is 1. The van der Waals surface area contributed by atoms with Crippen molar-refractivity contribution < 1.29 is 4.52 Å². The van der Waals surface area contributed by atoms with Gasteiger partial charge in [0.15, 0.2) is 5.76 Å². The number of hydrogen-bond acceptors (Lipinski definition) is 4. The summed E-state index contributed by atoms with van der Waals surface area (Å²) < 4.78 is 6.90. The molecular formula is C12H14N4O. The SMILES string of the molecule is Cc1cc(CNCc2cc(C#N)n(C)c2)on1. The van der Waals surface area contributed by atoms with Crippen molar-refractivity contribution in [2.75, 3.05) is 0 Å². The highest BCUT2D eigenvalue weighted by atomic mass is 16.5. The van der Waals surface area contributed by atoms with Crippen LogP contribution in [0.1, 0.15) is 22.7 Å². The van der Waals surface area contributed by atoms with Crippen LogP contribution in [-0.2, 0) is 20.1 Å². The van der Waals surface area contributed by atoms with Crippen LogP contribution < -0.4 is 5.32 Å². The van der Waals surface area contributed by atoms with Gasteiger partial charge in [0.2, 0.25) is 0 Å². The minimum absolute atomic E-state index is 0.637. The maximum Gasteiger partial charge on any atom is 0.150 e. The largest absolute Gasteiger partial charge is 0.360 e. The van der Waals surface area contributed by atoms with Gasteiger partial charge in [0.05, 0.1) is 12.2 Å². The second-order valence-electron chi connectivity index (χ2n) is 3.99. The van der Waals surface area contributed by atoms with E-state index in [4.69, 9.17) is 9.78 Å². The molecule has 2 aromatic heterocycles. The number of rotatable bonds is 4. The smallest absolute Gasteiger partial charge is 0.150 e. The zero-order valence-corrected chi connectivity index (χ0v) is 9.90. The van der Waals surface area contributed by atoms with Gasteiger partial charge in [0.25, 0.3) is 0 Å². The summed E-state index contributed by atoms with van der Waals surface area (Å²) in [5.74, 6) is 0.818. The highest BCUT2D eigenvalue weighted by Crippen LogP contribution is 2.06. The molecule has 17 heavy (non-hydrogen) atoms. The zero-order valence-electron chi connectivity index (χ0n) is 9.90. The Bertz CT molecular complexity index is 547. The molecule has 0 aliphatic heterocycles. The standard InChI is InChI=1S/C12H14N4O/c1-9-3-12(17-15-9)7-14-6-10-4-11(5-13)16(2)8-10/h3-4,8,14H,6-7H2,1-2H3. The van der Waals surface area contributed by atoms with E-state index < -0.39 is 0 Å². The average Bonchev–Trinajstić information content (AvgIpc) is 2.85. The summed E-state index contributed by atoms with van der Waals surface area (Å²) in [7, 11) is 1.86. The maximum atomic E-state index is 8.82. The minimum atomic E-state index is 0.637. The van der Waals surface area contributed by atoms with Crippen LogP contribution in [0, 0.1) is 18.3 Å². The molecule has 0 bridgehead atoms. The second kappa shape index (κ2) is 4.85. The summed E-state index contributed by atoms with van der Waals surface area (Å²) in [6.07, 6.45) is 1.94. The normalized spacial score (nSPS) is 10.4. The maximum absolute atomic E-state index is 8.82. The van der Waals surface area contributed by atoms with Crippen LogP contribution in [0.4, 0.5) is 0 Å². The lowest BCUT2D eigenvalue weighted by Gasteiger charge is -1.98. The fourth-order valence-corrected chi connectivity index (χ4v) is 1.67. The van der Waals surface area contributed by atoms with Gasteiger partial charge in [0.1, 0.15) is 11.8 Å². The van der Waals surface area contributed by atoms with Crippen LogP contribution in [0.5, 0.6) is 0 Å². The summed E-state index contributed by atoms with van der Waals surface area (Å²) in [5, 5.41) is 15.9. The zero-order chi connectivity index (χ0) is 12.3. The van der Waals surface area contributed by atoms with E-state index in [0.717, 1.165) is 17.0 Å². The highest BCUT2D eigenvalue weighted by molar-refractivity contribution is 5.28. The first-order valence-corrected chi connectivity index (χ1v) is 5.37. The Hall–Kier alpha value is -2.06.